The predicted octanol–water partition coefficient (Wildman–Crippen LogP) is 3.07. The molecule has 112 valence electrons. The number of hydrogen-bond acceptors (Lipinski definition) is 3. The van der Waals surface area contributed by atoms with Crippen molar-refractivity contribution in [3.63, 3.8) is 0 Å². The monoisotopic (exact) mass is 270 g/mol. The van der Waals surface area contributed by atoms with E-state index in [1.807, 2.05) is 20.8 Å². The van der Waals surface area contributed by atoms with Crippen LogP contribution in [-0.2, 0) is 4.74 Å². The molecule has 1 atom stereocenters. The number of carbonyl (C=O) groups excluding carboxylic acids is 1. The normalized spacial score (nSPS) is 25.4. The van der Waals surface area contributed by atoms with Crippen LogP contribution < -0.4 is 10.6 Å². The summed E-state index contributed by atoms with van der Waals surface area (Å²) in [6, 6.07) is 1.23. The number of ether oxygens (including phenoxy) is 1. The van der Waals surface area contributed by atoms with Crippen LogP contribution in [0.4, 0.5) is 4.79 Å². The van der Waals surface area contributed by atoms with Gasteiger partial charge < -0.3 is 15.4 Å². The molecule has 0 spiro atoms. The largest absolute Gasteiger partial charge is 0.444 e. The lowest BCUT2D eigenvalue weighted by Crippen LogP contribution is -2.56. The third-order valence-corrected chi connectivity index (χ3v) is 3.64. The van der Waals surface area contributed by atoms with Gasteiger partial charge in [-0.25, -0.2) is 4.79 Å². The average molecular weight is 270 g/mol. The van der Waals surface area contributed by atoms with Crippen molar-refractivity contribution in [2.75, 3.05) is 0 Å². The molecular weight excluding hydrogens is 240 g/mol. The summed E-state index contributed by atoms with van der Waals surface area (Å²) in [5, 5.41) is 6.53. The Hall–Kier alpha value is -0.770. The number of carbonyl (C=O) groups is 1. The maximum Gasteiger partial charge on any atom is 0.407 e. The van der Waals surface area contributed by atoms with Gasteiger partial charge in [-0.05, 0) is 46.0 Å². The van der Waals surface area contributed by atoms with Crippen LogP contribution in [0.25, 0.3) is 0 Å². The highest BCUT2D eigenvalue weighted by Crippen LogP contribution is 2.25. The van der Waals surface area contributed by atoms with Crippen molar-refractivity contribution in [2.24, 2.45) is 5.41 Å². The quantitative estimate of drug-likeness (QED) is 0.828. The molecular formula is C15H30N2O2. The first-order chi connectivity index (χ1) is 8.47. The van der Waals surface area contributed by atoms with Gasteiger partial charge in [-0.1, -0.05) is 20.8 Å². The van der Waals surface area contributed by atoms with E-state index >= 15 is 0 Å². The fourth-order valence-electron chi connectivity index (χ4n) is 1.95. The molecule has 0 aliphatic heterocycles. The summed E-state index contributed by atoms with van der Waals surface area (Å²) in [5.41, 5.74) is -0.157. The maximum absolute atomic E-state index is 11.6. The van der Waals surface area contributed by atoms with Gasteiger partial charge in [0, 0.05) is 18.1 Å². The molecule has 1 aliphatic rings. The molecule has 19 heavy (non-hydrogen) atoms. The molecule has 4 heteroatoms. The Labute approximate surface area is 117 Å². The Morgan fingerprint density at radius 1 is 1.11 bits per heavy atom. The summed E-state index contributed by atoms with van der Waals surface area (Å²) in [6.45, 7) is 14.6. The maximum atomic E-state index is 11.6. The summed E-state index contributed by atoms with van der Waals surface area (Å²) in [7, 11) is 0. The SMILES string of the molecule is CC(NC1CC(NC(=O)OC(C)(C)C)C1)C(C)(C)C. The van der Waals surface area contributed by atoms with E-state index in [1.54, 1.807) is 0 Å². The molecule has 1 unspecified atom stereocenters. The summed E-state index contributed by atoms with van der Waals surface area (Å²) >= 11 is 0. The van der Waals surface area contributed by atoms with Crippen LogP contribution in [-0.4, -0.2) is 29.8 Å². The third kappa shape index (κ3) is 5.81. The number of rotatable bonds is 3. The van der Waals surface area contributed by atoms with Crippen LogP contribution in [0, 0.1) is 5.41 Å². The number of nitrogens with one attached hydrogen (secondary N) is 2. The molecule has 0 aromatic carbocycles. The molecule has 0 radical (unpaired) electrons. The highest BCUT2D eigenvalue weighted by molar-refractivity contribution is 5.68. The number of alkyl carbamates (subject to hydrolysis) is 1. The fourth-order valence-corrected chi connectivity index (χ4v) is 1.95. The lowest BCUT2D eigenvalue weighted by atomic mass is 9.82. The van der Waals surface area contributed by atoms with Crippen LogP contribution in [0.2, 0.25) is 0 Å². The van der Waals surface area contributed by atoms with E-state index in [0.29, 0.717) is 12.1 Å². The van der Waals surface area contributed by atoms with Crippen molar-refractivity contribution in [1.29, 1.82) is 0 Å². The van der Waals surface area contributed by atoms with Gasteiger partial charge in [0.2, 0.25) is 0 Å². The van der Waals surface area contributed by atoms with Crippen LogP contribution in [0.3, 0.4) is 0 Å². The fraction of sp³-hybridized carbons (Fsp3) is 0.933. The van der Waals surface area contributed by atoms with Gasteiger partial charge in [-0.15, -0.1) is 0 Å². The van der Waals surface area contributed by atoms with E-state index in [1.165, 1.54) is 0 Å². The summed E-state index contributed by atoms with van der Waals surface area (Å²) < 4.78 is 5.24. The molecule has 1 rings (SSSR count). The van der Waals surface area contributed by atoms with E-state index in [2.05, 4.69) is 38.3 Å². The average Bonchev–Trinajstić information content (AvgIpc) is 2.09. The minimum Gasteiger partial charge on any atom is -0.444 e. The van der Waals surface area contributed by atoms with E-state index in [9.17, 15) is 4.79 Å². The lowest BCUT2D eigenvalue weighted by Gasteiger charge is -2.41. The summed E-state index contributed by atoms with van der Waals surface area (Å²) in [5.74, 6) is 0. The van der Waals surface area contributed by atoms with Crippen molar-refractivity contribution >= 4 is 6.09 Å². The minimum absolute atomic E-state index is 0.250. The molecule has 4 nitrogen and oxygen atoms in total. The highest BCUT2D eigenvalue weighted by atomic mass is 16.6. The number of amides is 1. The Morgan fingerprint density at radius 3 is 2.05 bits per heavy atom. The molecule has 0 heterocycles. The predicted molar refractivity (Wildman–Crippen MR) is 78.2 cm³/mol. The van der Waals surface area contributed by atoms with Crippen molar-refractivity contribution in [1.82, 2.24) is 10.6 Å². The Morgan fingerprint density at radius 2 is 1.63 bits per heavy atom. The van der Waals surface area contributed by atoms with Gasteiger partial charge >= 0.3 is 6.09 Å². The van der Waals surface area contributed by atoms with Crippen molar-refractivity contribution in [2.45, 2.75) is 85.0 Å². The molecule has 1 fully saturated rings. The second kappa shape index (κ2) is 5.70. The first-order valence-electron chi connectivity index (χ1n) is 7.23. The molecule has 0 aromatic heterocycles. The van der Waals surface area contributed by atoms with Crippen molar-refractivity contribution in [3.8, 4) is 0 Å². The smallest absolute Gasteiger partial charge is 0.407 e. The van der Waals surface area contributed by atoms with Gasteiger partial charge in [0.05, 0.1) is 0 Å². The molecule has 0 bridgehead atoms. The molecule has 0 aromatic rings. The van der Waals surface area contributed by atoms with Crippen LogP contribution >= 0.6 is 0 Å². The van der Waals surface area contributed by atoms with E-state index in [4.69, 9.17) is 4.74 Å². The Bertz CT molecular complexity index is 309. The van der Waals surface area contributed by atoms with Crippen LogP contribution in [0.15, 0.2) is 0 Å². The number of hydrogen-bond donors (Lipinski definition) is 2. The van der Waals surface area contributed by atoms with E-state index in [-0.39, 0.29) is 17.6 Å². The van der Waals surface area contributed by atoms with Crippen molar-refractivity contribution in [3.05, 3.63) is 0 Å². The summed E-state index contributed by atoms with van der Waals surface area (Å²) in [6.07, 6.45) is 1.67. The zero-order valence-corrected chi connectivity index (χ0v) is 13.5. The lowest BCUT2D eigenvalue weighted by molar-refractivity contribution is 0.0458. The van der Waals surface area contributed by atoms with Crippen LogP contribution in [0.5, 0.6) is 0 Å². The highest BCUT2D eigenvalue weighted by Gasteiger charge is 2.34. The minimum atomic E-state index is -0.424. The van der Waals surface area contributed by atoms with E-state index < -0.39 is 5.60 Å². The second-order valence-corrected chi connectivity index (χ2v) is 7.77. The zero-order chi connectivity index (χ0) is 14.8. The molecule has 1 saturated carbocycles. The zero-order valence-electron chi connectivity index (χ0n) is 13.5. The Balaban J connectivity index is 2.22. The molecule has 0 saturated heterocycles. The Kier molecular flexibility index (Phi) is 4.88. The molecule has 2 N–H and O–H groups in total. The van der Waals surface area contributed by atoms with Crippen LogP contribution in [0.1, 0.15) is 61.3 Å². The van der Waals surface area contributed by atoms with Gasteiger partial charge in [0.15, 0.2) is 0 Å². The first-order valence-corrected chi connectivity index (χ1v) is 7.23. The standard InChI is InChI=1S/C15H30N2O2/c1-10(14(2,3)4)16-11-8-12(9-11)17-13(18)19-15(5,6)7/h10-12,16H,8-9H2,1-7H3,(H,17,18). The third-order valence-electron chi connectivity index (χ3n) is 3.64. The van der Waals surface area contributed by atoms with Gasteiger partial charge in [-0.2, -0.15) is 0 Å². The molecule has 1 amide bonds. The summed E-state index contributed by atoms with van der Waals surface area (Å²) in [4.78, 5) is 11.6. The molecule has 1 aliphatic carbocycles. The van der Waals surface area contributed by atoms with Crippen molar-refractivity contribution < 1.29 is 9.53 Å². The topological polar surface area (TPSA) is 50.4 Å². The van der Waals surface area contributed by atoms with E-state index in [0.717, 1.165) is 12.8 Å². The van der Waals surface area contributed by atoms with Gasteiger partial charge in [0.25, 0.3) is 0 Å². The first kappa shape index (κ1) is 16.3. The van der Waals surface area contributed by atoms with Gasteiger partial charge in [0.1, 0.15) is 5.60 Å². The second-order valence-electron chi connectivity index (χ2n) is 7.77. The van der Waals surface area contributed by atoms with Gasteiger partial charge in [-0.3, -0.25) is 0 Å².